The summed E-state index contributed by atoms with van der Waals surface area (Å²) in [5, 5.41) is 2.92. The summed E-state index contributed by atoms with van der Waals surface area (Å²) in [5.74, 6) is 2.04. The highest BCUT2D eigenvalue weighted by Crippen LogP contribution is 2.19. The standard InChI is InChI=1S/C16H28N4O3/c1-11-12(2)23-15(19-11)9-20-6-4-13(5-7-20)8-18-16(21)14(17)10-22-3/h13-14H,4-10,17H2,1-3H3,(H,18,21). The van der Waals surface area contributed by atoms with Crippen LogP contribution in [0.1, 0.15) is 30.2 Å². The minimum absolute atomic E-state index is 0.139. The van der Waals surface area contributed by atoms with E-state index in [0.29, 0.717) is 12.5 Å². The zero-order chi connectivity index (χ0) is 16.8. The molecule has 1 saturated heterocycles. The molecule has 1 atom stereocenters. The van der Waals surface area contributed by atoms with Crippen molar-refractivity contribution in [2.75, 3.05) is 33.4 Å². The maximum absolute atomic E-state index is 11.8. The van der Waals surface area contributed by atoms with E-state index >= 15 is 0 Å². The number of oxazole rings is 1. The van der Waals surface area contributed by atoms with Crippen molar-refractivity contribution in [3.05, 3.63) is 17.3 Å². The molecule has 23 heavy (non-hydrogen) atoms. The van der Waals surface area contributed by atoms with Crippen molar-refractivity contribution in [1.82, 2.24) is 15.2 Å². The van der Waals surface area contributed by atoms with Crippen LogP contribution in [0.5, 0.6) is 0 Å². The van der Waals surface area contributed by atoms with Crippen LogP contribution in [0.2, 0.25) is 0 Å². The highest BCUT2D eigenvalue weighted by molar-refractivity contribution is 5.81. The number of carbonyl (C=O) groups excluding carboxylic acids is 1. The zero-order valence-electron chi connectivity index (χ0n) is 14.3. The van der Waals surface area contributed by atoms with E-state index in [1.807, 2.05) is 13.8 Å². The van der Waals surface area contributed by atoms with E-state index in [1.165, 1.54) is 0 Å². The molecule has 2 heterocycles. The quantitative estimate of drug-likeness (QED) is 0.762. The van der Waals surface area contributed by atoms with Gasteiger partial charge in [0.05, 0.1) is 18.8 Å². The number of amides is 1. The lowest BCUT2D eigenvalue weighted by Gasteiger charge is -2.31. The van der Waals surface area contributed by atoms with E-state index in [1.54, 1.807) is 7.11 Å². The molecule has 1 amide bonds. The molecule has 3 N–H and O–H groups in total. The summed E-state index contributed by atoms with van der Waals surface area (Å²) < 4.78 is 10.5. The number of nitrogens with two attached hydrogens (primary N) is 1. The zero-order valence-corrected chi connectivity index (χ0v) is 14.3. The summed E-state index contributed by atoms with van der Waals surface area (Å²) in [6.07, 6.45) is 2.11. The summed E-state index contributed by atoms with van der Waals surface area (Å²) in [5.41, 5.74) is 6.67. The van der Waals surface area contributed by atoms with Crippen molar-refractivity contribution in [3.63, 3.8) is 0 Å². The van der Waals surface area contributed by atoms with Gasteiger partial charge in [-0.3, -0.25) is 9.69 Å². The van der Waals surface area contributed by atoms with E-state index in [4.69, 9.17) is 14.9 Å². The van der Waals surface area contributed by atoms with Gasteiger partial charge in [-0.05, 0) is 45.7 Å². The number of ether oxygens (including phenoxy) is 1. The Hall–Kier alpha value is -1.44. The first-order valence-corrected chi connectivity index (χ1v) is 8.17. The van der Waals surface area contributed by atoms with Gasteiger partial charge in [-0.1, -0.05) is 0 Å². The van der Waals surface area contributed by atoms with Crippen molar-refractivity contribution in [3.8, 4) is 0 Å². The molecule has 1 unspecified atom stereocenters. The molecule has 0 bridgehead atoms. The van der Waals surface area contributed by atoms with Gasteiger partial charge in [0.2, 0.25) is 11.8 Å². The lowest BCUT2D eigenvalue weighted by atomic mass is 9.96. The number of hydrogen-bond donors (Lipinski definition) is 2. The predicted molar refractivity (Wildman–Crippen MR) is 86.8 cm³/mol. The van der Waals surface area contributed by atoms with Crippen LogP contribution in [0, 0.1) is 19.8 Å². The Morgan fingerprint density at radius 1 is 1.48 bits per heavy atom. The third-order valence-electron chi connectivity index (χ3n) is 4.39. The van der Waals surface area contributed by atoms with E-state index in [2.05, 4.69) is 15.2 Å². The molecule has 1 fully saturated rings. The summed E-state index contributed by atoms with van der Waals surface area (Å²) >= 11 is 0. The number of methoxy groups -OCH3 is 1. The third-order valence-corrected chi connectivity index (χ3v) is 4.39. The molecule has 7 heteroatoms. The van der Waals surface area contributed by atoms with Crippen molar-refractivity contribution < 1.29 is 13.9 Å². The fourth-order valence-corrected chi connectivity index (χ4v) is 2.78. The van der Waals surface area contributed by atoms with Crippen molar-refractivity contribution >= 4 is 5.91 Å². The monoisotopic (exact) mass is 324 g/mol. The van der Waals surface area contributed by atoms with Crippen LogP contribution in [-0.4, -0.2) is 55.2 Å². The maximum Gasteiger partial charge on any atom is 0.239 e. The van der Waals surface area contributed by atoms with Crippen molar-refractivity contribution in [2.45, 2.75) is 39.3 Å². The van der Waals surface area contributed by atoms with Gasteiger partial charge in [0.25, 0.3) is 0 Å². The predicted octanol–water partition coefficient (Wildman–Crippen LogP) is 0.593. The van der Waals surface area contributed by atoms with Gasteiger partial charge in [0.15, 0.2) is 0 Å². The number of hydrogen-bond acceptors (Lipinski definition) is 6. The van der Waals surface area contributed by atoms with E-state index in [9.17, 15) is 4.79 Å². The smallest absolute Gasteiger partial charge is 0.239 e. The number of nitrogens with one attached hydrogen (secondary N) is 1. The molecular weight excluding hydrogens is 296 g/mol. The molecule has 130 valence electrons. The van der Waals surface area contributed by atoms with Gasteiger partial charge in [0.1, 0.15) is 11.8 Å². The van der Waals surface area contributed by atoms with Crippen molar-refractivity contribution in [1.29, 1.82) is 0 Å². The van der Waals surface area contributed by atoms with E-state index < -0.39 is 6.04 Å². The van der Waals surface area contributed by atoms with Crippen LogP contribution in [0.15, 0.2) is 4.42 Å². The molecule has 0 spiro atoms. The molecular formula is C16H28N4O3. The van der Waals surface area contributed by atoms with E-state index in [-0.39, 0.29) is 12.5 Å². The second-order valence-corrected chi connectivity index (χ2v) is 6.28. The second-order valence-electron chi connectivity index (χ2n) is 6.28. The minimum atomic E-state index is -0.586. The Labute approximate surface area is 137 Å². The molecule has 1 aromatic heterocycles. The number of rotatable bonds is 7. The first-order chi connectivity index (χ1) is 11.0. The Morgan fingerprint density at radius 3 is 2.74 bits per heavy atom. The Bertz CT molecular complexity index is 490. The van der Waals surface area contributed by atoms with Gasteiger partial charge in [-0.2, -0.15) is 0 Å². The lowest BCUT2D eigenvalue weighted by molar-refractivity contribution is -0.123. The lowest BCUT2D eigenvalue weighted by Crippen LogP contribution is -2.46. The molecule has 1 aliphatic heterocycles. The van der Waals surface area contributed by atoms with Crippen LogP contribution in [0.3, 0.4) is 0 Å². The number of likely N-dealkylation sites (tertiary alicyclic amines) is 1. The van der Waals surface area contributed by atoms with Gasteiger partial charge in [-0.25, -0.2) is 4.98 Å². The summed E-state index contributed by atoms with van der Waals surface area (Å²) in [6.45, 7) is 7.57. The number of nitrogens with zero attached hydrogens (tertiary/aromatic N) is 2. The normalized spacial score (nSPS) is 18.1. The molecule has 0 aromatic carbocycles. The Morgan fingerprint density at radius 2 is 2.17 bits per heavy atom. The van der Waals surface area contributed by atoms with Gasteiger partial charge >= 0.3 is 0 Å². The summed E-state index contributed by atoms with van der Waals surface area (Å²) in [7, 11) is 1.54. The summed E-state index contributed by atoms with van der Waals surface area (Å²) in [4.78, 5) is 18.5. The molecule has 1 aliphatic rings. The van der Waals surface area contributed by atoms with Crippen molar-refractivity contribution in [2.24, 2.45) is 11.7 Å². The average molecular weight is 324 g/mol. The second kappa shape index (κ2) is 8.42. The molecule has 0 saturated carbocycles. The molecule has 2 rings (SSSR count). The van der Waals surface area contributed by atoms with Crippen LogP contribution in [0.4, 0.5) is 0 Å². The van der Waals surface area contributed by atoms with Gasteiger partial charge in [0, 0.05) is 13.7 Å². The molecule has 1 aromatic rings. The SMILES string of the molecule is COCC(N)C(=O)NCC1CCN(Cc2nc(C)c(C)o2)CC1. The highest BCUT2D eigenvalue weighted by Gasteiger charge is 2.22. The molecule has 0 radical (unpaired) electrons. The van der Waals surface area contributed by atoms with E-state index in [0.717, 1.165) is 49.8 Å². The highest BCUT2D eigenvalue weighted by atomic mass is 16.5. The third kappa shape index (κ3) is 5.30. The number of aromatic nitrogens is 1. The van der Waals surface area contributed by atoms with Crippen LogP contribution in [0.25, 0.3) is 0 Å². The average Bonchev–Trinajstić information content (AvgIpc) is 2.84. The number of carbonyl (C=O) groups is 1. The topological polar surface area (TPSA) is 93.6 Å². The van der Waals surface area contributed by atoms with Gasteiger partial charge < -0.3 is 20.2 Å². The van der Waals surface area contributed by atoms with Gasteiger partial charge in [-0.15, -0.1) is 0 Å². The van der Waals surface area contributed by atoms with Crippen LogP contribution in [-0.2, 0) is 16.1 Å². The van der Waals surface area contributed by atoms with Crippen LogP contribution < -0.4 is 11.1 Å². The molecule has 7 nitrogen and oxygen atoms in total. The first-order valence-electron chi connectivity index (χ1n) is 8.17. The Balaban J connectivity index is 1.68. The number of aryl methyl sites for hydroxylation is 2. The fourth-order valence-electron chi connectivity index (χ4n) is 2.78. The molecule has 0 aliphatic carbocycles. The number of piperidine rings is 1. The first kappa shape index (κ1) is 17.9. The minimum Gasteiger partial charge on any atom is -0.444 e. The fraction of sp³-hybridized carbons (Fsp3) is 0.750. The maximum atomic E-state index is 11.8. The largest absolute Gasteiger partial charge is 0.444 e. The van der Waals surface area contributed by atoms with Crippen LogP contribution >= 0.6 is 0 Å². The summed E-state index contributed by atoms with van der Waals surface area (Å²) in [6, 6.07) is -0.586. The Kier molecular flexibility index (Phi) is 6.56.